The van der Waals surface area contributed by atoms with Crippen molar-refractivity contribution < 1.29 is 4.11 Å². The van der Waals surface area contributed by atoms with Gasteiger partial charge in [-0.15, -0.1) is 0 Å². The number of fused-ring (bicyclic) bond motifs is 7. The minimum Gasteiger partial charge on any atom is -0.309 e. The van der Waals surface area contributed by atoms with Crippen LogP contribution in [0.2, 0.25) is 0 Å². The maximum Gasteiger partial charge on any atom is 0.164 e. The van der Waals surface area contributed by atoms with Crippen LogP contribution in [-0.2, 0) is 0 Å². The molecule has 298 valence electrons. The molecule has 3 heterocycles. The smallest absolute Gasteiger partial charge is 0.164 e. The Bertz CT molecular complexity index is 3950. The van der Waals surface area contributed by atoms with Crippen LogP contribution in [0.25, 0.3) is 111 Å². The van der Waals surface area contributed by atoms with Crippen molar-refractivity contribution in [3.8, 4) is 73.9 Å². The highest BCUT2D eigenvalue weighted by atomic mass is 15.0. The number of aromatic nitrogens is 5. The lowest BCUT2D eigenvalue weighted by molar-refractivity contribution is 1.07. The van der Waals surface area contributed by atoms with E-state index in [-0.39, 0.29) is 40.8 Å². The Kier molecular flexibility index (Phi) is 8.02. The van der Waals surface area contributed by atoms with Gasteiger partial charge in [-0.25, -0.2) is 15.0 Å². The number of nitriles is 1. The Morgan fingerprint density at radius 3 is 1.67 bits per heavy atom. The van der Waals surface area contributed by atoms with Crippen LogP contribution in [0.4, 0.5) is 0 Å². The van der Waals surface area contributed by atoms with Gasteiger partial charge in [0.1, 0.15) is 6.07 Å². The quantitative estimate of drug-likeness (QED) is 0.161. The molecule has 0 fully saturated rings. The molecule has 0 N–H and O–H groups in total. The Hall–Kier alpha value is -8.92. The predicted octanol–water partition coefficient (Wildman–Crippen LogP) is 14.3. The number of para-hydroxylation sites is 3. The Morgan fingerprint density at radius 2 is 0.953 bits per heavy atom. The van der Waals surface area contributed by atoms with Gasteiger partial charge >= 0.3 is 0 Å². The van der Waals surface area contributed by atoms with Crippen LogP contribution < -0.4 is 0 Å². The van der Waals surface area contributed by atoms with E-state index in [1.54, 1.807) is 0 Å². The molecule has 0 aliphatic rings. The second-order valence-electron chi connectivity index (χ2n) is 15.6. The molecule has 12 rings (SSSR count). The van der Waals surface area contributed by atoms with E-state index in [9.17, 15) is 9.37 Å². The number of benzene rings is 9. The first-order valence-corrected chi connectivity index (χ1v) is 21.1. The fourth-order valence-corrected chi connectivity index (χ4v) is 9.08. The van der Waals surface area contributed by atoms with E-state index in [0.29, 0.717) is 17.2 Å². The average molecular weight is 820 g/mol. The largest absolute Gasteiger partial charge is 0.309 e. The molecule has 0 bridgehead atoms. The van der Waals surface area contributed by atoms with Crippen molar-refractivity contribution in [1.82, 2.24) is 24.1 Å². The highest BCUT2D eigenvalue weighted by Gasteiger charge is 2.23. The van der Waals surface area contributed by atoms with Crippen LogP contribution in [0.5, 0.6) is 0 Å². The van der Waals surface area contributed by atoms with Crippen LogP contribution in [0.3, 0.4) is 0 Å². The highest BCUT2D eigenvalue weighted by Crippen LogP contribution is 2.43. The monoisotopic (exact) mass is 819 g/mol. The maximum absolute atomic E-state index is 11.2. The van der Waals surface area contributed by atoms with E-state index < -0.39 is 0 Å². The molecule has 0 atom stereocenters. The second kappa shape index (κ2) is 15.2. The fraction of sp³-hybridized carbons (Fsp3) is 0. The zero-order chi connectivity index (χ0) is 45.2. The van der Waals surface area contributed by atoms with Gasteiger partial charge in [-0.1, -0.05) is 170 Å². The molecule has 0 unspecified atom stereocenters. The zero-order valence-corrected chi connectivity index (χ0v) is 34.2. The molecule has 6 nitrogen and oxygen atoms in total. The van der Waals surface area contributed by atoms with Gasteiger partial charge in [0, 0.05) is 43.9 Å². The molecule has 6 heteroatoms. The molecular weight excluding hydrogens is 781 g/mol. The van der Waals surface area contributed by atoms with Gasteiger partial charge in [-0.3, -0.25) is 0 Å². The van der Waals surface area contributed by atoms with E-state index in [1.807, 2.05) is 156 Å². The Labute approximate surface area is 373 Å². The van der Waals surface area contributed by atoms with Crippen molar-refractivity contribution in [2.75, 3.05) is 0 Å². The summed E-state index contributed by atoms with van der Waals surface area (Å²) in [6.45, 7) is 0. The third kappa shape index (κ3) is 6.06. The topological polar surface area (TPSA) is 72.3 Å². The molecule has 3 aromatic heterocycles. The van der Waals surface area contributed by atoms with Crippen LogP contribution in [0, 0.1) is 11.3 Å². The Balaban J connectivity index is 1.12. The first-order valence-electron chi connectivity index (χ1n) is 22.6. The summed E-state index contributed by atoms with van der Waals surface area (Å²) in [6.07, 6.45) is 0. The molecule has 0 saturated carbocycles. The van der Waals surface area contributed by atoms with Gasteiger partial charge in [0.15, 0.2) is 17.5 Å². The lowest BCUT2D eigenvalue weighted by Crippen LogP contribution is -2.03. The average Bonchev–Trinajstić information content (AvgIpc) is 3.91. The zero-order valence-electron chi connectivity index (χ0n) is 37.2. The lowest BCUT2D eigenvalue weighted by Gasteiger charge is -2.14. The summed E-state index contributed by atoms with van der Waals surface area (Å²) in [5, 5.41) is 15.0. The van der Waals surface area contributed by atoms with Crippen LogP contribution >= 0.6 is 0 Å². The molecular formula is C58H36N6. The molecule has 0 saturated heterocycles. The van der Waals surface area contributed by atoms with Gasteiger partial charge in [-0.05, 0) is 70.7 Å². The van der Waals surface area contributed by atoms with E-state index in [0.717, 1.165) is 77.1 Å². The summed E-state index contributed by atoms with van der Waals surface area (Å²) in [4.78, 5) is 15.1. The van der Waals surface area contributed by atoms with Crippen LogP contribution in [-0.4, -0.2) is 24.1 Å². The minimum absolute atomic E-state index is 0.0251. The highest BCUT2D eigenvalue weighted by molar-refractivity contribution is 6.26. The van der Waals surface area contributed by atoms with Crippen molar-refractivity contribution in [1.29, 1.82) is 5.26 Å². The summed E-state index contributed by atoms with van der Waals surface area (Å²) >= 11 is 0. The van der Waals surface area contributed by atoms with Gasteiger partial charge < -0.3 is 9.13 Å². The summed E-state index contributed by atoms with van der Waals surface area (Å²) in [7, 11) is 0. The van der Waals surface area contributed by atoms with E-state index in [1.165, 1.54) is 0 Å². The van der Waals surface area contributed by atoms with Crippen LogP contribution in [0.15, 0.2) is 218 Å². The summed E-state index contributed by atoms with van der Waals surface area (Å²) in [5.41, 5.74) is 9.90. The molecule has 0 aliphatic carbocycles. The van der Waals surface area contributed by atoms with Crippen molar-refractivity contribution in [2.45, 2.75) is 0 Å². The normalized spacial score (nSPS) is 12.1. The lowest BCUT2D eigenvalue weighted by atomic mass is 9.99. The number of rotatable bonds is 7. The van der Waals surface area contributed by atoms with Gasteiger partial charge in [0.2, 0.25) is 0 Å². The molecule has 0 amide bonds. The van der Waals surface area contributed by atoms with Gasteiger partial charge in [0.05, 0.1) is 37.4 Å². The minimum atomic E-state index is -0.275. The molecule has 64 heavy (non-hydrogen) atoms. The van der Waals surface area contributed by atoms with Gasteiger partial charge in [0.25, 0.3) is 0 Å². The van der Waals surface area contributed by atoms with Crippen molar-refractivity contribution in [2.24, 2.45) is 0 Å². The fourth-order valence-electron chi connectivity index (χ4n) is 9.08. The van der Waals surface area contributed by atoms with Crippen molar-refractivity contribution in [3.63, 3.8) is 0 Å². The van der Waals surface area contributed by atoms with E-state index in [2.05, 4.69) is 59.2 Å². The molecule has 0 radical (unpaired) electrons. The number of hydrogen-bond donors (Lipinski definition) is 0. The molecule has 9 aromatic carbocycles. The summed E-state index contributed by atoms with van der Waals surface area (Å²) in [6, 6.07) is 68.0. The maximum atomic E-state index is 11.2. The SMILES string of the molecule is [2H]c1c([2H])c(-n2c3ccccc3c3ccc4c(c5ccccc5n4-c4ccccc4)c32)c(C#N)c([2H])c1-c1nc(-c2ccc(-c3ccccc3)cc2)nc(-c2ccccc2-c2ccccc2)n1. The number of nitrogens with zero attached hydrogens (tertiary/aromatic N) is 6. The standard InChI is InChI=1S/C58H36N6/c59-37-43-36-42(57-60-56(41-30-28-39(29-31-41)38-16-4-1-5-17-38)61-58(62-57)48-24-11-10-22-45(48)40-18-6-2-7-19-40)32-34-50(43)64-51-26-14-12-23-46(51)47-33-35-53-54(55(47)64)49-25-13-15-27-52(49)63(53)44-20-8-3-9-21-44/h1-36H/i32D,34D,36D. The molecule has 0 spiro atoms. The first kappa shape index (κ1) is 33.8. The van der Waals surface area contributed by atoms with Crippen molar-refractivity contribution in [3.05, 3.63) is 224 Å². The van der Waals surface area contributed by atoms with Gasteiger partial charge in [-0.2, -0.15) is 5.26 Å². The molecule has 12 aromatic rings. The third-order valence-corrected chi connectivity index (χ3v) is 12.0. The summed E-state index contributed by atoms with van der Waals surface area (Å²) < 4.78 is 33.8. The first-order chi connectivity index (χ1) is 33.0. The van der Waals surface area contributed by atoms with E-state index in [4.69, 9.17) is 15.0 Å². The third-order valence-electron chi connectivity index (χ3n) is 12.0. The van der Waals surface area contributed by atoms with E-state index >= 15 is 0 Å². The van der Waals surface area contributed by atoms with Crippen LogP contribution in [0.1, 0.15) is 9.68 Å². The number of hydrogen-bond acceptors (Lipinski definition) is 4. The predicted molar refractivity (Wildman–Crippen MR) is 260 cm³/mol. The summed E-state index contributed by atoms with van der Waals surface area (Å²) in [5.74, 6) is 0.686. The van der Waals surface area contributed by atoms with Crippen molar-refractivity contribution >= 4 is 43.6 Å². The second-order valence-corrected chi connectivity index (χ2v) is 15.6. The molecule has 0 aliphatic heterocycles. The Morgan fingerprint density at radius 1 is 0.406 bits per heavy atom.